The monoisotopic (exact) mass is 507 g/mol. The summed E-state index contributed by atoms with van der Waals surface area (Å²) in [6.45, 7) is 2.61. The third-order valence-corrected chi connectivity index (χ3v) is 6.14. The van der Waals surface area contributed by atoms with Crippen molar-refractivity contribution < 1.29 is 29.4 Å². The van der Waals surface area contributed by atoms with Crippen LogP contribution in [-0.4, -0.2) is 81.2 Å². The molecule has 0 aliphatic heterocycles. The maximum Gasteiger partial charge on any atom is 0.328 e. The maximum absolute atomic E-state index is 12.8. The predicted octanol–water partition coefficient (Wildman–Crippen LogP) is -0.269. The Morgan fingerprint density at radius 2 is 1.74 bits per heavy atom. The number of carbonyl (C=O) groups excluding carboxylic acids is 3. The van der Waals surface area contributed by atoms with Gasteiger partial charge in [0, 0.05) is 17.1 Å². The topological polar surface area (TPSA) is 187 Å². The van der Waals surface area contributed by atoms with Gasteiger partial charge in [-0.05, 0) is 50.3 Å². The molecule has 2 rings (SSSR count). The molecular formula is C23H33N5O6S. The van der Waals surface area contributed by atoms with Crippen LogP contribution in [0.4, 0.5) is 0 Å². The Morgan fingerprint density at radius 1 is 1.06 bits per heavy atom. The lowest BCUT2D eigenvalue weighted by Crippen LogP contribution is -2.57. The molecular weight excluding hydrogens is 474 g/mol. The minimum Gasteiger partial charge on any atom is -0.480 e. The van der Waals surface area contributed by atoms with Gasteiger partial charge in [-0.1, -0.05) is 18.2 Å². The van der Waals surface area contributed by atoms with E-state index in [2.05, 4.69) is 20.9 Å². The van der Waals surface area contributed by atoms with E-state index in [4.69, 9.17) is 10.8 Å². The molecule has 0 fully saturated rings. The Kier molecular flexibility index (Phi) is 10.6. The number of nitrogens with one attached hydrogen (secondary N) is 4. The molecule has 3 amide bonds. The van der Waals surface area contributed by atoms with Crippen LogP contribution in [0.5, 0.6) is 0 Å². The summed E-state index contributed by atoms with van der Waals surface area (Å²) in [7, 11) is 0. The van der Waals surface area contributed by atoms with Gasteiger partial charge in [-0.25, -0.2) is 4.79 Å². The van der Waals surface area contributed by atoms with Crippen LogP contribution in [0.15, 0.2) is 30.5 Å². The Labute approximate surface area is 207 Å². The van der Waals surface area contributed by atoms with E-state index in [1.54, 1.807) is 6.20 Å². The Balaban J connectivity index is 2.01. The van der Waals surface area contributed by atoms with Gasteiger partial charge in [0.1, 0.15) is 12.1 Å². The molecule has 0 radical (unpaired) electrons. The molecule has 35 heavy (non-hydrogen) atoms. The first-order valence-corrected chi connectivity index (χ1v) is 12.6. The average Bonchev–Trinajstić information content (AvgIpc) is 3.21. The lowest BCUT2D eigenvalue weighted by Gasteiger charge is -2.24. The lowest BCUT2D eigenvalue weighted by atomic mass is 10.0. The third kappa shape index (κ3) is 7.98. The lowest BCUT2D eigenvalue weighted by molar-refractivity contribution is -0.145. The minimum atomic E-state index is -1.52. The second-order valence-corrected chi connectivity index (χ2v) is 9.29. The first-order valence-electron chi connectivity index (χ1n) is 11.2. The van der Waals surface area contributed by atoms with Gasteiger partial charge in [0.05, 0.1) is 12.1 Å². The zero-order valence-corrected chi connectivity index (χ0v) is 20.7. The van der Waals surface area contributed by atoms with Crippen molar-refractivity contribution in [1.29, 1.82) is 0 Å². The number of thioether (sulfide) groups is 1. The maximum atomic E-state index is 12.8. The first-order chi connectivity index (χ1) is 16.5. The van der Waals surface area contributed by atoms with E-state index in [1.165, 1.54) is 25.6 Å². The summed E-state index contributed by atoms with van der Waals surface area (Å²) in [5.74, 6) is -2.72. The highest BCUT2D eigenvalue weighted by molar-refractivity contribution is 7.98. The Hall–Kier alpha value is -3.09. The molecule has 11 nitrogen and oxygen atoms in total. The fraction of sp³-hybridized carbons (Fsp3) is 0.478. The van der Waals surface area contributed by atoms with E-state index in [9.17, 15) is 24.3 Å². The van der Waals surface area contributed by atoms with Crippen LogP contribution in [-0.2, 0) is 25.6 Å². The van der Waals surface area contributed by atoms with Gasteiger partial charge in [0.2, 0.25) is 17.7 Å². The molecule has 5 atom stereocenters. The quantitative estimate of drug-likeness (QED) is 0.193. The number of carboxylic acid groups (broad SMARTS) is 1. The van der Waals surface area contributed by atoms with E-state index >= 15 is 0 Å². The van der Waals surface area contributed by atoms with Crippen LogP contribution >= 0.6 is 11.8 Å². The molecule has 5 unspecified atom stereocenters. The Morgan fingerprint density at radius 3 is 2.37 bits per heavy atom. The fourth-order valence-corrected chi connectivity index (χ4v) is 3.93. The molecule has 1 heterocycles. The predicted molar refractivity (Wildman–Crippen MR) is 134 cm³/mol. The number of fused-ring (bicyclic) bond motifs is 1. The van der Waals surface area contributed by atoms with Gasteiger partial charge in [-0.3, -0.25) is 14.4 Å². The zero-order valence-electron chi connectivity index (χ0n) is 19.9. The number of carbonyl (C=O) groups is 4. The second kappa shape index (κ2) is 13.1. The highest BCUT2D eigenvalue weighted by atomic mass is 32.2. The number of hydrogen-bond acceptors (Lipinski definition) is 7. The summed E-state index contributed by atoms with van der Waals surface area (Å²) in [5, 5.41) is 27.0. The number of H-pyrrole nitrogens is 1. The van der Waals surface area contributed by atoms with E-state index < -0.39 is 54.0 Å². The summed E-state index contributed by atoms with van der Waals surface area (Å²) in [6, 6.07) is 3.19. The van der Waals surface area contributed by atoms with Crippen molar-refractivity contribution in [3.05, 3.63) is 36.0 Å². The van der Waals surface area contributed by atoms with Crippen molar-refractivity contribution >= 4 is 46.4 Å². The molecule has 1 aromatic heterocycles. The molecule has 192 valence electrons. The third-order valence-electron chi connectivity index (χ3n) is 5.49. The van der Waals surface area contributed by atoms with Gasteiger partial charge in [0.25, 0.3) is 0 Å². The van der Waals surface area contributed by atoms with Gasteiger partial charge < -0.3 is 36.9 Å². The average molecular weight is 508 g/mol. The molecule has 0 saturated carbocycles. The molecule has 0 aliphatic carbocycles. The number of amides is 3. The SMILES string of the molecule is CSCCC(NC(=O)C(N)Cc1c[nH]c2ccccc12)C(=O)NC(C)C(=O)NC(C(=O)O)C(C)O. The van der Waals surface area contributed by atoms with Gasteiger partial charge in [0.15, 0.2) is 6.04 Å². The van der Waals surface area contributed by atoms with Crippen molar-refractivity contribution in [2.24, 2.45) is 5.73 Å². The number of aliphatic carboxylic acids is 1. The number of aliphatic hydroxyl groups is 1. The van der Waals surface area contributed by atoms with Crippen LogP contribution in [0.1, 0.15) is 25.8 Å². The molecule has 0 spiro atoms. The van der Waals surface area contributed by atoms with Crippen molar-refractivity contribution in [2.75, 3.05) is 12.0 Å². The number of aromatic amines is 1. The molecule has 2 aromatic rings. The van der Waals surface area contributed by atoms with Crippen molar-refractivity contribution in [2.45, 2.75) is 57.0 Å². The minimum absolute atomic E-state index is 0.265. The second-order valence-electron chi connectivity index (χ2n) is 8.31. The summed E-state index contributed by atoms with van der Waals surface area (Å²) < 4.78 is 0. The van der Waals surface area contributed by atoms with E-state index in [-0.39, 0.29) is 6.42 Å². The summed E-state index contributed by atoms with van der Waals surface area (Å²) in [5.41, 5.74) is 7.94. The number of rotatable bonds is 13. The number of aromatic nitrogens is 1. The highest BCUT2D eigenvalue weighted by Crippen LogP contribution is 2.18. The number of nitrogens with two attached hydrogens (primary N) is 1. The standard InChI is InChI=1S/C23H33N5O6S/c1-12(20(30)28-19(13(2)29)23(33)34)26-22(32)18(8-9-35-3)27-21(31)16(24)10-14-11-25-17-7-5-4-6-15(14)17/h4-7,11-13,16,18-19,25,29H,8-10,24H2,1-3H3,(H,26,32)(H,27,31)(H,28,30)(H,33,34). The van der Waals surface area contributed by atoms with Gasteiger partial charge in [-0.2, -0.15) is 11.8 Å². The van der Waals surface area contributed by atoms with Crippen LogP contribution in [0.3, 0.4) is 0 Å². The summed E-state index contributed by atoms with van der Waals surface area (Å²) in [4.78, 5) is 52.3. The zero-order chi connectivity index (χ0) is 26.1. The molecule has 0 saturated heterocycles. The number of para-hydroxylation sites is 1. The number of carboxylic acids is 1. The first kappa shape index (κ1) is 28.1. The number of hydrogen-bond donors (Lipinski definition) is 7. The summed E-state index contributed by atoms with van der Waals surface area (Å²) in [6.07, 6.45) is 2.90. The van der Waals surface area contributed by atoms with Crippen molar-refractivity contribution in [3.8, 4) is 0 Å². The van der Waals surface area contributed by atoms with Gasteiger partial charge >= 0.3 is 5.97 Å². The number of aliphatic hydroxyl groups excluding tert-OH is 1. The fourth-order valence-electron chi connectivity index (χ4n) is 3.46. The van der Waals surface area contributed by atoms with Crippen LogP contribution < -0.4 is 21.7 Å². The van der Waals surface area contributed by atoms with Crippen molar-refractivity contribution in [3.63, 3.8) is 0 Å². The number of benzene rings is 1. The van der Waals surface area contributed by atoms with E-state index in [1.807, 2.05) is 30.5 Å². The van der Waals surface area contributed by atoms with E-state index in [0.717, 1.165) is 16.5 Å². The van der Waals surface area contributed by atoms with Crippen LogP contribution in [0, 0.1) is 0 Å². The van der Waals surface area contributed by atoms with Crippen LogP contribution in [0.2, 0.25) is 0 Å². The molecule has 12 heteroatoms. The highest BCUT2D eigenvalue weighted by Gasteiger charge is 2.30. The van der Waals surface area contributed by atoms with E-state index in [0.29, 0.717) is 12.2 Å². The Bertz CT molecular complexity index is 1040. The van der Waals surface area contributed by atoms with Gasteiger partial charge in [-0.15, -0.1) is 0 Å². The molecule has 1 aromatic carbocycles. The summed E-state index contributed by atoms with van der Waals surface area (Å²) >= 11 is 1.49. The molecule has 0 bridgehead atoms. The molecule has 0 aliphatic rings. The van der Waals surface area contributed by atoms with Crippen LogP contribution in [0.25, 0.3) is 10.9 Å². The normalized spacial score (nSPS) is 15.5. The van der Waals surface area contributed by atoms with Crippen molar-refractivity contribution in [1.82, 2.24) is 20.9 Å². The largest absolute Gasteiger partial charge is 0.480 e. The molecule has 8 N–H and O–H groups in total. The smallest absolute Gasteiger partial charge is 0.328 e.